The molecule has 82 valence electrons. The van der Waals surface area contributed by atoms with Gasteiger partial charge in [0.2, 0.25) is 0 Å². The molecule has 1 unspecified atom stereocenters. The molecule has 0 amide bonds. The van der Waals surface area contributed by atoms with Gasteiger partial charge in [0.25, 0.3) is 5.56 Å². The molecule has 1 saturated heterocycles. The van der Waals surface area contributed by atoms with Crippen molar-refractivity contribution in [2.24, 2.45) is 7.05 Å². The van der Waals surface area contributed by atoms with Crippen LogP contribution in [-0.4, -0.2) is 35.7 Å². The number of anilines is 1. The molecule has 15 heavy (non-hydrogen) atoms. The third kappa shape index (κ3) is 1.87. The molecule has 0 aromatic carbocycles. The molecular weight excluding hydrogens is 192 g/mol. The van der Waals surface area contributed by atoms with Gasteiger partial charge in [-0.2, -0.15) is 0 Å². The highest BCUT2D eigenvalue weighted by molar-refractivity contribution is 5.36. The fourth-order valence-electron chi connectivity index (χ4n) is 1.87. The predicted molar refractivity (Wildman–Crippen MR) is 59.2 cm³/mol. The van der Waals surface area contributed by atoms with Crippen LogP contribution in [0.1, 0.15) is 6.42 Å². The highest BCUT2D eigenvalue weighted by Crippen LogP contribution is 2.11. The Labute approximate surface area is 88.7 Å². The van der Waals surface area contributed by atoms with E-state index in [1.165, 1.54) is 0 Å². The van der Waals surface area contributed by atoms with Crippen molar-refractivity contribution in [1.82, 2.24) is 14.9 Å². The van der Waals surface area contributed by atoms with Crippen molar-refractivity contribution >= 4 is 5.82 Å². The molecule has 5 heteroatoms. The van der Waals surface area contributed by atoms with Crippen LogP contribution in [0.25, 0.3) is 0 Å². The summed E-state index contributed by atoms with van der Waals surface area (Å²) in [7, 11) is 3.68. The lowest BCUT2D eigenvalue weighted by atomic mass is 10.2. The smallest absolute Gasteiger partial charge is 0.293 e. The van der Waals surface area contributed by atoms with E-state index in [2.05, 4.69) is 10.3 Å². The molecule has 1 aromatic rings. The number of hydrogen-bond acceptors (Lipinski definition) is 4. The first-order chi connectivity index (χ1) is 7.20. The van der Waals surface area contributed by atoms with E-state index in [0.717, 1.165) is 19.5 Å². The number of hydrogen-bond donors (Lipinski definition) is 1. The molecule has 2 rings (SSSR count). The summed E-state index contributed by atoms with van der Waals surface area (Å²) in [6.45, 7) is 1.94. The molecule has 1 aliphatic rings. The molecule has 0 bridgehead atoms. The minimum atomic E-state index is -0.0353. The summed E-state index contributed by atoms with van der Waals surface area (Å²) >= 11 is 0. The lowest BCUT2D eigenvalue weighted by Crippen LogP contribution is -2.38. The summed E-state index contributed by atoms with van der Waals surface area (Å²) in [5.74, 6) is 0.536. The van der Waals surface area contributed by atoms with E-state index in [0.29, 0.717) is 11.9 Å². The van der Waals surface area contributed by atoms with Crippen LogP contribution in [0.4, 0.5) is 5.82 Å². The Hall–Kier alpha value is -1.36. The highest BCUT2D eigenvalue weighted by Gasteiger charge is 2.22. The second-order valence-electron chi connectivity index (χ2n) is 3.92. The number of rotatable bonds is 2. The lowest BCUT2D eigenvalue weighted by molar-refractivity contribution is 0.666. The largest absolute Gasteiger partial charge is 0.351 e. The highest BCUT2D eigenvalue weighted by atomic mass is 16.1. The third-order valence-corrected chi connectivity index (χ3v) is 2.91. The SMILES string of the molecule is CN(c1nccn(C)c1=O)C1CCNC1. The maximum atomic E-state index is 11.8. The monoisotopic (exact) mass is 208 g/mol. The van der Waals surface area contributed by atoms with Gasteiger partial charge < -0.3 is 14.8 Å². The fraction of sp³-hybridized carbons (Fsp3) is 0.600. The van der Waals surface area contributed by atoms with Crippen molar-refractivity contribution in [3.63, 3.8) is 0 Å². The van der Waals surface area contributed by atoms with Crippen molar-refractivity contribution in [2.75, 3.05) is 25.0 Å². The minimum absolute atomic E-state index is 0.0353. The van der Waals surface area contributed by atoms with Crippen LogP contribution in [0.15, 0.2) is 17.2 Å². The van der Waals surface area contributed by atoms with E-state index in [-0.39, 0.29) is 5.56 Å². The van der Waals surface area contributed by atoms with E-state index in [4.69, 9.17) is 0 Å². The van der Waals surface area contributed by atoms with Crippen molar-refractivity contribution in [2.45, 2.75) is 12.5 Å². The van der Waals surface area contributed by atoms with Crippen molar-refractivity contribution < 1.29 is 0 Å². The number of aryl methyl sites for hydroxylation is 1. The van der Waals surface area contributed by atoms with Gasteiger partial charge in [-0.25, -0.2) is 4.98 Å². The molecule has 0 spiro atoms. The first-order valence-electron chi connectivity index (χ1n) is 5.15. The van der Waals surface area contributed by atoms with Crippen LogP contribution >= 0.6 is 0 Å². The van der Waals surface area contributed by atoms with Crippen LogP contribution < -0.4 is 15.8 Å². The molecule has 0 radical (unpaired) electrons. The second-order valence-corrected chi connectivity index (χ2v) is 3.92. The number of likely N-dealkylation sites (N-methyl/N-ethyl adjacent to an activating group) is 1. The minimum Gasteiger partial charge on any atom is -0.351 e. The van der Waals surface area contributed by atoms with Gasteiger partial charge >= 0.3 is 0 Å². The van der Waals surface area contributed by atoms with Gasteiger partial charge in [-0.1, -0.05) is 0 Å². The van der Waals surface area contributed by atoms with Crippen molar-refractivity contribution in [3.8, 4) is 0 Å². The Morgan fingerprint density at radius 1 is 1.67 bits per heavy atom. The van der Waals surface area contributed by atoms with Gasteiger partial charge in [-0.05, 0) is 13.0 Å². The zero-order valence-corrected chi connectivity index (χ0v) is 9.10. The molecular formula is C10H16N4O. The number of nitrogens with zero attached hydrogens (tertiary/aromatic N) is 3. The summed E-state index contributed by atoms with van der Waals surface area (Å²) in [6.07, 6.45) is 4.40. The predicted octanol–water partition coefficient (Wildman–Crippen LogP) is -0.422. The van der Waals surface area contributed by atoms with Crippen LogP contribution in [0.3, 0.4) is 0 Å². The molecule has 2 heterocycles. The molecule has 0 aliphatic carbocycles. The lowest BCUT2D eigenvalue weighted by Gasteiger charge is -2.24. The molecule has 5 nitrogen and oxygen atoms in total. The molecule has 1 aromatic heterocycles. The molecule has 1 N–H and O–H groups in total. The number of nitrogens with one attached hydrogen (secondary N) is 1. The quantitative estimate of drug-likeness (QED) is 0.717. The molecule has 1 aliphatic heterocycles. The second kappa shape index (κ2) is 4.02. The van der Waals surface area contributed by atoms with Gasteiger partial charge in [-0.15, -0.1) is 0 Å². The summed E-state index contributed by atoms with van der Waals surface area (Å²) in [4.78, 5) is 17.9. The summed E-state index contributed by atoms with van der Waals surface area (Å²) < 4.78 is 1.56. The normalized spacial score (nSPS) is 20.5. The molecule has 0 saturated carbocycles. The Kier molecular flexibility index (Phi) is 2.73. The van der Waals surface area contributed by atoms with Gasteiger partial charge in [0.1, 0.15) is 0 Å². The van der Waals surface area contributed by atoms with E-state index >= 15 is 0 Å². The zero-order valence-electron chi connectivity index (χ0n) is 9.10. The first-order valence-corrected chi connectivity index (χ1v) is 5.15. The van der Waals surface area contributed by atoms with Gasteiger partial charge in [-0.3, -0.25) is 4.79 Å². The summed E-state index contributed by atoms with van der Waals surface area (Å²) in [6, 6.07) is 0.382. The van der Waals surface area contributed by atoms with Crippen LogP contribution in [0, 0.1) is 0 Å². The average molecular weight is 208 g/mol. The Balaban J connectivity index is 2.28. The van der Waals surface area contributed by atoms with Gasteiger partial charge in [0.15, 0.2) is 5.82 Å². The third-order valence-electron chi connectivity index (χ3n) is 2.91. The Morgan fingerprint density at radius 3 is 3.13 bits per heavy atom. The topological polar surface area (TPSA) is 50.2 Å². The Bertz CT molecular complexity index is 395. The van der Waals surface area contributed by atoms with E-state index in [1.807, 2.05) is 11.9 Å². The Morgan fingerprint density at radius 2 is 2.47 bits per heavy atom. The van der Waals surface area contributed by atoms with Crippen LogP contribution in [0.2, 0.25) is 0 Å². The van der Waals surface area contributed by atoms with Gasteiger partial charge in [0.05, 0.1) is 0 Å². The maximum Gasteiger partial charge on any atom is 0.293 e. The zero-order chi connectivity index (χ0) is 10.8. The summed E-state index contributed by atoms with van der Waals surface area (Å²) in [5, 5.41) is 3.28. The van der Waals surface area contributed by atoms with Crippen molar-refractivity contribution in [3.05, 3.63) is 22.7 Å². The fourth-order valence-corrected chi connectivity index (χ4v) is 1.87. The maximum absolute atomic E-state index is 11.8. The van der Waals surface area contributed by atoms with Gasteiger partial charge in [0, 0.05) is 39.1 Å². The van der Waals surface area contributed by atoms with Crippen LogP contribution in [0.5, 0.6) is 0 Å². The average Bonchev–Trinajstić information content (AvgIpc) is 2.74. The first kappa shape index (κ1) is 10.2. The number of aromatic nitrogens is 2. The van der Waals surface area contributed by atoms with Crippen LogP contribution in [-0.2, 0) is 7.05 Å². The molecule has 1 fully saturated rings. The van der Waals surface area contributed by atoms with Crippen molar-refractivity contribution in [1.29, 1.82) is 0 Å². The molecule has 1 atom stereocenters. The van der Waals surface area contributed by atoms with E-state index in [1.54, 1.807) is 24.0 Å². The van der Waals surface area contributed by atoms with E-state index in [9.17, 15) is 4.79 Å². The standard InChI is InChI=1S/C10H16N4O/c1-13-6-5-12-9(10(13)15)14(2)8-3-4-11-7-8/h5-6,8,11H,3-4,7H2,1-2H3. The van der Waals surface area contributed by atoms with E-state index < -0.39 is 0 Å². The summed E-state index contributed by atoms with van der Waals surface area (Å²) in [5.41, 5.74) is -0.0353.